The Bertz CT molecular complexity index is 40.7. The van der Waals surface area contributed by atoms with Crippen LogP contribution in [0.15, 0.2) is 0 Å². The maximum atomic E-state index is 5.65. The van der Waals surface area contributed by atoms with Crippen LogP contribution in [0.25, 0.3) is 0 Å². The zero-order chi connectivity index (χ0) is 6.24. The van der Waals surface area contributed by atoms with Gasteiger partial charge in [-0.1, -0.05) is 0 Å². The fourth-order valence-corrected chi connectivity index (χ4v) is 2.61. The van der Waals surface area contributed by atoms with E-state index < -0.39 is 0 Å². The molecule has 0 amide bonds. The first-order valence-electron chi connectivity index (χ1n) is 3.25. The molecule has 0 unspecified atom stereocenters. The van der Waals surface area contributed by atoms with E-state index in [1.54, 1.807) is 0 Å². The molecule has 4 N–H and O–H groups in total. The molecular weight excluding hydrogens is 258 g/mol. The second kappa shape index (κ2) is 16.5. The molecule has 0 aliphatic rings. The van der Waals surface area contributed by atoms with Crippen LogP contribution in [-0.2, 0) is 0 Å². The van der Waals surface area contributed by atoms with E-state index in [9.17, 15) is 0 Å². The third-order valence-corrected chi connectivity index (χ3v) is 3.94. The maximum absolute atomic E-state index is 5.65. The molecule has 0 aliphatic carbocycles. The summed E-state index contributed by atoms with van der Waals surface area (Å²) in [7, 11) is 5.65. The Kier molecular flexibility index (Phi) is 28.4. The second-order valence-corrected chi connectivity index (χ2v) is 5.93. The Morgan fingerprint density at radius 3 is 2.10 bits per heavy atom. The van der Waals surface area contributed by atoms with Gasteiger partial charge in [0, 0.05) is 0 Å². The molecule has 64 valence electrons. The van der Waals surface area contributed by atoms with Crippen molar-refractivity contribution in [2.24, 2.45) is 0 Å². The summed E-state index contributed by atoms with van der Waals surface area (Å²) < 4.78 is 1.37. The summed E-state index contributed by atoms with van der Waals surface area (Å²) in [6.07, 6.45) is 5.54. The van der Waals surface area contributed by atoms with Gasteiger partial charge in [0.25, 0.3) is 0 Å². The average Bonchev–Trinajstić information content (AvgIpc) is 1.81. The van der Waals surface area contributed by atoms with E-state index in [0.29, 0.717) is 0 Å². The minimum Gasteiger partial charge on any atom is -0.412 e. The monoisotopic (exact) mass is 276 g/mol. The maximum Gasteiger partial charge on any atom is -0.412 e. The number of unbranched alkanes of at least 4 members (excludes halogenated alkanes) is 3. The standard InChI is InChI=1S/C6H13.ClH.2H2O.Sn/c1-3-5-6-4-2;;;;/h1,3-6H2,2H3;1H;2*1H2;/q;;;;+1/p-1. The van der Waals surface area contributed by atoms with Crippen LogP contribution in [0.4, 0.5) is 0 Å². The quantitative estimate of drug-likeness (QED) is 0.534. The van der Waals surface area contributed by atoms with E-state index in [2.05, 4.69) is 6.92 Å². The first-order chi connectivity index (χ1) is 3.91. The van der Waals surface area contributed by atoms with Crippen molar-refractivity contribution < 1.29 is 11.0 Å². The van der Waals surface area contributed by atoms with Gasteiger partial charge in [0.1, 0.15) is 0 Å². The number of halogens is 1. The predicted molar refractivity (Wildman–Crippen MR) is 47.8 cm³/mol. The molecule has 0 heterocycles. The van der Waals surface area contributed by atoms with Gasteiger partial charge in [-0.3, -0.25) is 0 Å². The summed E-state index contributed by atoms with van der Waals surface area (Å²) in [5, 5.41) is 0. The van der Waals surface area contributed by atoms with Crippen molar-refractivity contribution >= 4 is 28.9 Å². The summed E-state index contributed by atoms with van der Waals surface area (Å²) in [4.78, 5) is 0. The van der Waals surface area contributed by atoms with E-state index in [-0.39, 0.29) is 31.0 Å². The minimum atomic E-state index is -0.361. The van der Waals surface area contributed by atoms with Gasteiger partial charge in [0.2, 0.25) is 0 Å². The summed E-state index contributed by atoms with van der Waals surface area (Å²) in [6.45, 7) is 2.24. The van der Waals surface area contributed by atoms with Gasteiger partial charge in [-0.2, -0.15) is 0 Å². The Morgan fingerprint density at radius 1 is 1.10 bits per heavy atom. The molecule has 10 heavy (non-hydrogen) atoms. The van der Waals surface area contributed by atoms with Crippen molar-refractivity contribution in [3.05, 3.63) is 0 Å². The molecule has 4 heteroatoms. The topological polar surface area (TPSA) is 63.0 Å². The molecular formula is C6H17ClO2Sn. The van der Waals surface area contributed by atoms with Crippen LogP contribution in [0.1, 0.15) is 32.6 Å². The molecule has 0 aromatic rings. The molecule has 0 atom stereocenters. The van der Waals surface area contributed by atoms with Crippen LogP contribution in [0, 0.1) is 0 Å². The normalized spacial score (nSPS) is 7.80. The molecule has 0 spiro atoms. The van der Waals surface area contributed by atoms with Gasteiger partial charge in [-0.25, -0.2) is 0 Å². The molecule has 0 fully saturated rings. The molecule has 0 aromatic heterocycles. The summed E-state index contributed by atoms with van der Waals surface area (Å²) >= 11 is -0.361. The van der Waals surface area contributed by atoms with Gasteiger partial charge in [0.05, 0.1) is 0 Å². The fraction of sp³-hybridized carbons (Fsp3) is 1.00. The summed E-state index contributed by atoms with van der Waals surface area (Å²) in [6, 6.07) is 0. The van der Waals surface area contributed by atoms with E-state index >= 15 is 0 Å². The molecule has 2 radical (unpaired) electrons. The molecule has 0 aliphatic heterocycles. The number of rotatable bonds is 5. The van der Waals surface area contributed by atoms with Crippen molar-refractivity contribution in [3.63, 3.8) is 0 Å². The van der Waals surface area contributed by atoms with E-state index in [1.807, 2.05) is 0 Å². The zero-order valence-corrected chi connectivity index (χ0v) is 10.0. The third-order valence-electron chi connectivity index (χ3n) is 1.12. The molecule has 0 rings (SSSR count). The molecule has 2 nitrogen and oxygen atoms in total. The Labute approximate surface area is 76.9 Å². The first kappa shape index (κ1) is 17.2. The van der Waals surface area contributed by atoms with E-state index in [1.165, 1.54) is 30.1 Å². The Hall–Kier alpha value is 1.01. The number of hydrogen-bond acceptors (Lipinski definition) is 0. The van der Waals surface area contributed by atoms with Crippen LogP contribution >= 0.6 is 8.92 Å². The fourth-order valence-electron chi connectivity index (χ4n) is 0.619. The van der Waals surface area contributed by atoms with Crippen molar-refractivity contribution in [1.82, 2.24) is 0 Å². The van der Waals surface area contributed by atoms with Gasteiger partial charge in [-0.15, -0.1) is 0 Å². The van der Waals surface area contributed by atoms with Crippen LogP contribution in [0.5, 0.6) is 0 Å². The largest absolute Gasteiger partial charge is 0.412 e. The SMILES string of the molecule is CCCCC[CH2][Sn][Cl].O.O. The number of hydrogen-bond donors (Lipinski definition) is 0. The molecule has 0 aromatic carbocycles. The van der Waals surface area contributed by atoms with Gasteiger partial charge in [-0.05, 0) is 0 Å². The zero-order valence-electron chi connectivity index (χ0n) is 6.41. The van der Waals surface area contributed by atoms with Crippen molar-refractivity contribution in [2.75, 3.05) is 0 Å². The van der Waals surface area contributed by atoms with E-state index in [0.717, 1.165) is 0 Å². The van der Waals surface area contributed by atoms with Crippen LogP contribution in [0.2, 0.25) is 4.44 Å². The Balaban J connectivity index is -0.000000245. The molecule has 0 saturated carbocycles. The molecule has 0 saturated heterocycles. The third kappa shape index (κ3) is 16.0. The van der Waals surface area contributed by atoms with Gasteiger partial charge >= 0.3 is 66.0 Å². The summed E-state index contributed by atoms with van der Waals surface area (Å²) in [5.74, 6) is 0. The van der Waals surface area contributed by atoms with Gasteiger partial charge in [0.15, 0.2) is 0 Å². The molecule has 0 bridgehead atoms. The van der Waals surface area contributed by atoms with Gasteiger partial charge < -0.3 is 11.0 Å². The Morgan fingerprint density at radius 2 is 1.70 bits per heavy atom. The van der Waals surface area contributed by atoms with E-state index in [4.69, 9.17) is 8.92 Å². The smallest absolute Gasteiger partial charge is 0.412 e. The minimum absolute atomic E-state index is 0. The van der Waals surface area contributed by atoms with Crippen molar-refractivity contribution in [3.8, 4) is 0 Å². The first-order valence-corrected chi connectivity index (χ1v) is 8.88. The van der Waals surface area contributed by atoms with Crippen LogP contribution in [-0.4, -0.2) is 31.0 Å². The predicted octanol–water partition coefficient (Wildman–Crippen LogP) is 1.19. The van der Waals surface area contributed by atoms with Crippen LogP contribution < -0.4 is 0 Å². The average molecular weight is 275 g/mol. The van der Waals surface area contributed by atoms with Crippen molar-refractivity contribution in [2.45, 2.75) is 37.0 Å². The summed E-state index contributed by atoms with van der Waals surface area (Å²) in [5.41, 5.74) is 0. The van der Waals surface area contributed by atoms with Crippen molar-refractivity contribution in [1.29, 1.82) is 0 Å². The second-order valence-electron chi connectivity index (χ2n) is 1.94. The van der Waals surface area contributed by atoms with Crippen LogP contribution in [0.3, 0.4) is 0 Å².